The first-order valence-corrected chi connectivity index (χ1v) is 20.8. The lowest BCUT2D eigenvalue weighted by Crippen LogP contribution is -2.00. The molecular weight excluding hydrogens is 757 g/mol. The highest BCUT2D eigenvalue weighted by Crippen LogP contribution is 2.42. The molecule has 12 aromatic rings. The summed E-state index contributed by atoms with van der Waals surface area (Å²) in [7, 11) is 0. The minimum absolute atomic E-state index is 0.612. The van der Waals surface area contributed by atoms with Crippen LogP contribution in [0.4, 0.5) is 0 Å². The molecule has 0 saturated carbocycles. The van der Waals surface area contributed by atoms with Crippen LogP contribution in [0, 0.1) is 0 Å². The third kappa shape index (κ3) is 6.14. The molecule has 62 heavy (non-hydrogen) atoms. The number of hydrogen-bond donors (Lipinski definition) is 0. The van der Waals surface area contributed by atoms with Gasteiger partial charge in [0.1, 0.15) is 11.2 Å². The van der Waals surface area contributed by atoms with Gasteiger partial charge in [-0.25, -0.2) is 15.0 Å². The predicted octanol–water partition coefficient (Wildman–Crippen LogP) is 14.9. The molecule has 12 rings (SSSR count). The summed E-state index contributed by atoms with van der Waals surface area (Å²) < 4.78 is 8.79. The largest absolute Gasteiger partial charge is 0.456 e. The molecule has 5 nitrogen and oxygen atoms in total. The molecule has 290 valence electrons. The first-order valence-electron chi connectivity index (χ1n) is 20.8. The van der Waals surface area contributed by atoms with Gasteiger partial charge in [-0.3, -0.25) is 0 Å². The molecule has 0 aliphatic carbocycles. The molecule has 0 fully saturated rings. The Hall–Kier alpha value is -8.41. The molecule has 3 heterocycles. The maximum Gasteiger partial charge on any atom is 0.164 e. The standard InChI is InChI=1S/C57H36N4O/c1-4-15-37(16-5-1)39-27-29-41(30-28-39)56-58-55(40-19-8-3-9-20-40)59-57(60-56)43-22-14-21-42(33-43)45-34-44(38-17-6-2-7-18-38)35-46(36-45)61-49-25-12-10-23-47(49)53-50(61)31-32-52-54(53)48-24-11-13-26-51(48)62-52/h1-36H. The molecular formula is C57H36N4O. The van der Waals surface area contributed by atoms with Crippen molar-refractivity contribution >= 4 is 43.7 Å². The Morgan fingerprint density at radius 1 is 0.290 bits per heavy atom. The van der Waals surface area contributed by atoms with E-state index >= 15 is 0 Å². The number of fused-ring (bicyclic) bond motifs is 7. The number of hydrogen-bond acceptors (Lipinski definition) is 4. The highest BCUT2D eigenvalue weighted by atomic mass is 16.3. The highest BCUT2D eigenvalue weighted by Gasteiger charge is 2.20. The highest BCUT2D eigenvalue weighted by molar-refractivity contribution is 6.27. The fraction of sp³-hybridized carbons (Fsp3) is 0. The Balaban J connectivity index is 1.03. The lowest BCUT2D eigenvalue weighted by atomic mass is 9.96. The van der Waals surface area contributed by atoms with E-state index in [-0.39, 0.29) is 0 Å². The maximum atomic E-state index is 6.39. The van der Waals surface area contributed by atoms with E-state index in [0.29, 0.717) is 17.5 Å². The van der Waals surface area contributed by atoms with Gasteiger partial charge in [-0.1, -0.05) is 170 Å². The van der Waals surface area contributed by atoms with Crippen molar-refractivity contribution in [2.75, 3.05) is 0 Å². The van der Waals surface area contributed by atoms with Crippen molar-refractivity contribution in [1.82, 2.24) is 19.5 Å². The van der Waals surface area contributed by atoms with Crippen LogP contribution in [0.25, 0.3) is 117 Å². The van der Waals surface area contributed by atoms with E-state index in [1.54, 1.807) is 0 Å². The summed E-state index contributed by atoms with van der Waals surface area (Å²) in [6.45, 7) is 0. The van der Waals surface area contributed by atoms with Crippen LogP contribution in [0.1, 0.15) is 0 Å². The number of rotatable bonds is 7. The summed E-state index contributed by atoms with van der Waals surface area (Å²) >= 11 is 0. The monoisotopic (exact) mass is 792 g/mol. The normalized spacial score (nSPS) is 11.5. The Labute approximate surface area is 357 Å². The van der Waals surface area contributed by atoms with Gasteiger partial charge >= 0.3 is 0 Å². The minimum atomic E-state index is 0.612. The van der Waals surface area contributed by atoms with Crippen molar-refractivity contribution in [3.63, 3.8) is 0 Å². The van der Waals surface area contributed by atoms with E-state index in [0.717, 1.165) is 83.2 Å². The zero-order valence-electron chi connectivity index (χ0n) is 33.5. The summed E-state index contributed by atoms with van der Waals surface area (Å²) in [6.07, 6.45) is 0. The Morgan fingerprint density at radius 2 is 0.774 bits per heavy atom. The van der Waals surface area contributed by atoms with Crippen LogP contribution in [-0.4, -0.2) is 19.5 Å². The third-order valence-electron chi connectivity index (χ3n) is 11.8. The van der Waals surface area contributed by atoms with E-state index in [1.165, 1.54) is 16.3 Å². The van der Waals surface area contributed by atoms with Gasteiger partial charge in [0.25, 0.3) is 0 Å². The van der Waals surface area contributed by atoms with E-state index in [1.807, 2.05) is 48.5 Å². The van der Waals surface area contributed by atoms with Crippen LogP contribution in [0.5, 0.6) is 0 Å². The van der Waals surface area contributed by atoms with Crippen molar-refractivity contribution in [3.05, 3.63) is 218 Å². The molecule has 0 aliphatic rings. The predicted molar refractivity (Wildman–Crippen MR) is 254 cm³/mol. The fourth-order valence-corrected chi connectivity index (χ4v) is 8.89. The van der Waals surface area contributed by atoms with Gasteiger partial charge in [0.05, 0.1) is 11.0 Å². The van der Waals surface area contributed by atoms with Gasteiger partial charge in [-0.2, -0.15) is 0 Å². The molecule has 0 saturated heterocycles. The topological polar surface area (TPSA) is 56.7 Å². The first kappa shape index (κ1) is 35.5. The number of benzene rings is 9. The number of aromatic nitrogens is 4. The van der Waals surface area contributed by atoms with Crippen molar-refractivity contribution < 1.29 is 4.42 Å². The second-order valence-corrected chi connectivity index (χ2v) is 15.6. The Bertz CT molecular complexity index is 3610. The Morgan fingerprint density at radius 3 is 1.48 bits per heavy atom. The maximum absolute atomic E-state index is 6.39. The van der Waals surface area contributed by atoms with Crippen LogP contribution in [0.3, 0.4) is 0 Å². The summed E-state index contributed by atoms with van der Waals surface area (Å²) in [5.74, 6) is 1.86. The summed E-state index contributed by atoms with van der Waals surface area (Å²) in [5, 5.41) is 4.63. The average Bonchev–Trinajstić information content (AvgIpc) is 3.90. The van der Waals surface area contributed by atoms with Gasteiger partial charge < -0.3 is 8.98 Å². The quantitative estimate of drug-likeness (QED) is 0.161. The molecule has 0 spiro atoms. The van der Waals surface area contributed by atoms with E-state index < -0.39 is 0 Å². The van der Waals surface area contributed by atoms with E-state index in [2.05, 4.69) is 174 Å². The summed E-state index contributed by atoms with van der Waals surface area (Å²) in [5.41, 5.74) is 14.6. The molecule has 9 aromatic carbocycles. The number of para-hydroxylation sites is 2. The fourth-order valence-electron chi connectivity index (χ4n) is 8.89. The van der Waals surface area contributed by atoms with Crippen LogP contribution in [0.2, 0.25) is 0 Å². The molecule has 0 bridgehead atoms. The second-order valence-electron chi connectivity index (χ2n) is 15.6. The van der Waals surface area contributed by atoms with Crippen molar-refractivity contribution in [2.24, 2.45) is 0 Å². The SMILES string of the molecule is c1ccc(-c2ccc(-c3nc(-c4ccccc4)nc(-c4cccc(-c5cc(-c6ccccc6)cc(-n6c7ccccc7c7c8c(ccc76)oc6ccccc68)c5)c4)n3)cc2)cc1. The first-order chi connectivity index (χ1) is 30.7. The van der Waals surface area contributed by atoms with Gasteiger partial charge in [0.2, 0.25) is 0 Å². The molecule has 0 atom stereocenters. The lowest BCUT2D eigenvalue weighted by molar-refractivity contribution is 0.669. The van der Waals surface area contributed by atoms with Gasteiger partial charge in [-0.05, 0) is 81.9 Å². The third-order valence-corrected chi connectivity index (χ3v) is 11.8. The zero-order chi connectivity index (χ0) is 41.0. The van der Waals surface area contributed by atoms with Gasteiger partial charge in [-0.15, -0.1) is 0 Å². The van der Waals surface area contributed by atoms with Crippen molar-refractivity contribution in [3.8, 4) is 73.2 Å². The van der Waals surface area contributed by atoms with Crippen LogP contribution in [-0.2, 0) is 0 Å². The van der Waals surface area contributed by atoms with Crippen LogP contribution >= 0.6 is 0 Å². The van der Waals surface area contributed by atoms with Gasteiger partial charge in [0.15, 0.2) is 17.5 Å². The minimum Gasteiger partial charge on any atom is -0.456 e. The van der Waals surface area contributed by atoms with E-state index in [9.17, 15) is 0 Å². The number of nitrogens with zero attached hydrogens (tertiary/aromatic N) is 4. The molecule has 0 N–H and O–H groups in total. The molecule has 0 aliphatic heterocycles. The summed E-state index contributed by atoms with van der Waals surface area (Å²) in [6, 6.07) is 76.4. The molecule has 0 radical (unpaired) electrons. The van der Waals surface area contributed by atoms with Gasteiger partial charge in [0, 0.05) is 43.9 Å². The molecule has 3 aromatic heterocycles. The average molecular weight is 793 g/mol. The van der Waals surface area contributed by atoms with Crippen LogP contribution in [0.15, 0.2) is 223 Å². The lowest BCUT2D eigenvalue weighted by Gasteiger charge is -2.15. The Kier molecular flexibility index (Phi) is 8.42. The molecule has 5 heteroatoms. The van der Waals surface area contributed by atoms with Crippen molar-refractivity contribution in [1.29, 1.82) is 0 Å². The smallest absolute Gasteiger partial charge is 0.164 e. The number of furan rings is 1. The zero-order valence-corrected chi connectivity index (χ0v) is 33.5. The van der Waals surface area contributed by atoms with Crippen LogP contribution < -0.4 is 0 Å². The second kappa shape index (κ2) is 14.7. The molecule has 0 unspecified atom stereocenters. The van der Waals surface area contributed by atoms with Crippen molar-refractivity contribution in [2.45, 2.75) is 0 Å². The summed E-state index contributed by atoms with van der Waals surface area (Å²) in [4.78, 5) is 15.3. The van der Waals surface area contributed by atoms with E-state index in [4.69, 9.17) is 19.4 Å². The molecule has 0 amide bonds.